The molecule has 80 valence electrons. The Kier molecular flexibility index (Phi) is 2.57. The topological polar surface area (TPSA) is 79.5 Å². The Morgan fingerprint density at radius 3 is 2.87 bits per heavy atom. The van der Waals surface area contributed by atoms with Gasteiger partial charge in [0.2, 0.25) is 5.82 Å². The van der Waals surface area contributed by atoms with Gasteiger partial charge >= 0.3 is 5.69 Å². The van der Waals surface area contributed by atoms with E-state index in [1.807, 2.05) is 0 Å². The van der Waals surface area contributed by atoms with Gasteiger partial charge in [-0.15, -0.1) is 0 Å². The molecule has 6 nitrogen and oxygen atoms in total. The Bertz CT molecular complexity index is 406. The molecule has 2 heterocycles. The molecule has 1 aliphatic rings. The molecule has 1 aromatic heterocycles. The van der Waals surface area contributed by atoms with E-state index in [-0.39, 0.29) is 5.69 Å². The van der Waals surface area contributed by atoms with Crippen LogP contribution >= 0.6 is 15.9 Å². The normalized spacial score (nSPS) is 16.3. The van der Waals surface area contributed by atoms with E-state index in [0.717, 1.165) is 0 Å². The van der Waals surface area contributed by atoms with Gasteiger partial charge < -0.3 is 10.0 Å². The zero-order valence-corrected chi connectivity index (χ0v) is 9.22. The van der Waals surface area contributed by atoms with Crippen LogP contribution in [0.3, 0.4) is 0 Å². The van der Waals surface area contributed by atoms with E-state index in [1.165, 1.54) is 12.3 Å². The third kappa shape index (κ3) is 1.93. The molecular formula is C8H8BrN3O3. The van der Waals surface area contributed by atoms with E-state index < -0.39 is 11.0 Å². The Hall–Kier alpha value is -1.21. The smallest absolute Gasteiger partial charge is 0.312 e. The second-order valence-corrected chi connectivity index (χ2v) is 4.23. The van der Waals surface area contributed by atoms with Crippen LogP contribution in [0.1, 0.15) is 0 Å². The first-order valence-corrected chi connectivity index (χ1v) is 5.10. The molecule has 1 fully saturated rings. The van der Waals surface area contributed by atoms with Crippen molar-refractivity contribution in [3.05, 3.63) is 26.9 Å². The molecule has 2 rings (SSSR count). The number of aromatic nitrogens is 1. The molecule has 0 bridgehead atoms. The van der Waals surface area contributed by atoms with Gasteiger partial charge in [0, 0.05) is 29.8 Å². The summed E-state index contributed by atoms with van der Waals surface area (Å²) in [5, 5.41) is 19.9. The number of pyridine rings is 1. The first kappa shape index (κ1) is 10.3. The van der Waals surface area contributed by atoms with Gasteiger partial charge in [-0.2, -0.15) is 0 Å². The van der Waals surface area contributed by atoms with E-state index in [9.17, 15) is 10.1 Å². The number of hydrogen-bond donors (Lipinski definition) is 1. The second kappa shape index (κ2) is 3.74. The first-order valence-electron chi connectivity index (χ1n) is 4.31. The molecule has 0 aliphatic carbocycles. The van der Waals surface area contributed by atoms with Crippen LogP contribution in [-0.2, 0) is 0 Å². The minimum absolute atomic E-state index is 0.0451. The fourth-order valence-corrected chi connectivity index (χ4v) is 1.75. The monoisotopic (exact) mass is 273 g/mol. The van der Waals surface area contributed by atoms with Crippen molar-refractivity contribution in [2.24, 2.45) is 0 Å². The van der Waals surface area contributed by atoms with Crippen LogP contribution in [0.15, 0.2) is 16.7 Å². The van der Waals surface area contributed by atoms with E-state index in [2.05, 4.69) is 20.9 Å². The Labute approximate surface area is 93.8 Å². The van der Waals surface area contributed by atoms with E-state index in [4.69, 9.17) is 5.11 Å². The number of β-amino-alcohol motifs (C(OH)–C–C–N with tert-alkyl or cyclic N) is 1. The molecule has 0 atom stereocenters. The van der Waals surface area contributed by atoms with Crippen molar-refractivity contribution < 1.29 is 10.0 Å². The molecular weight excluding hydrogens is 266 g/mol. The fourth-order valence-electron chi connectivity index (χ4n) is 1.43. The summed E-state index contributed by atoms with van der Waals surface area (Å²) in [6, 6.07) is 1.41. The summed E-state index contributed by atoms with van der Waals surface area (Å²) in [6.45, 7) is 0.797. The van der Waals surface area contributed by atoms with Gasteiger partial charge in [-0.25, -0.2) is 4.98 Å². The van der Waals surface area contributed by atoms with Gasteiger partial charge in [0.05, 0.1) is 11.0 Å². The maximum Gasteiger partial charge on any atom is 0.312 e. The molecule has 1 aliphatic heterocycles. The van der Waals surface area contributed by atoms with Gasteiger partial charge in [-0.05, 0) is 15.9 Å². The van der Waals surface area contributed by atoms with Gasteiger partial charge in [0.15, 0.2) is 0 Å². The standard InChI is InChI=1S/C8H8BrN3O3/c9-5-1-7(12(14)15)8(10-2-5)11-3-6(13)4-11/h1-2,6,13H,3-4H2. The zero-order valence-electron chi connectivity index (χ0n) is 7.63. The summed E-state index contributed by atoms with van der Waals surface area (Å²) in [5.74, 6) is 0.313. The lowest BCUT2D eigenvalue weighted by molar-refractivity contribution is -0.384. The summed E-state index contributed by atoms with van der Waals surface area (Å²) in [6.07, 6.45) is 1.10. The predicted molar refractivity (Wildman–Crippen MR) is 56.8 cm³/mol. The van der Waals surface area contributed by atoms with Crippen molar-refractivity contribution in [2.45, 2.75) is 6.10 Å². The maximum absolute atomic E-state index is 10.8. The Balaban J connectivity index is 2.34. The molecule has 15 heavy (non-hydrogen) atoms. The molecule has 0 amide bonds. The van der Waals surface area contributed by atoms with Crippen LogP contribution in [0, 0.1) is 10.1 Å². The average Bonchev–Trinajstić information content (AvgIpc) is 2.13. The van der Waals surface area contributed by atoms with Crippen LogP contribution in [-0.4, -0.2) is 34.2 Å². The lowest BCUT2D eigenvalue weighted by Crippen LogP contribution is -2.51. The van der Waals surface area contributed by atoms with Crippen LogP contribution in [0.25, 0.3) is 0 Å². The molecule has 0 saturated carbocycles. The Morgan fingerprint density at radius 1 is 1.67 bits per heavy atom. The van der Waals surface area contributed by atoms with Crippen LogP contribution in [0.4, 0.5) is 11.5 Å². The highest BCUT2D eigenvalue weighted by Crippen LogP contribution is 2.30. The summed E-state index contributed by atoms with van der Waals surface area (Å²) in [5.41, 5.74) is -0.0451. The number of aliphatic hydroxyl groups is 1. The van der Waals surface area contributed by atoms with Gasteiger partial charge in [-0.1, -0.05) is 0 Å². The van der Waals surface area contributed by atoms with Crippen molar-refractivity contribution >= 4 is 27.4 Å². The van der Waals surface area contributed by atoms with Gasteiger partial charge in [0.25, 0.3) is 0 Å². The van der Waals surface area contributed by atoms with Crippen LogP contribution in [0.2, 0.25) is 0 Å². The van der Waals surface area contributed by atoms with Crippen LogP contribution < -0.4 is 4.90 Å². The van der Waals surface area contributed by atoms with Gasteiger partial charge in [0.1, 0.15) is 0 Å². The third-order valence-corrected chi connectivity index (χ3v) is 2.61. The quantitative estimate of drug-likeness (QED) is 0.641. The summed E-state index contributed by atoms with van der Waals surface area (Å²) < 4.78 is 0.569. The number of anilines is 1. The Morgan fingerprint density at radius 2 is 2.33 bits per heavy atom. The highest BCUT2D eigenvalue weighted by molar-refractivity contribution is 9.10. The number of halogens is 1. The van der Waals surface area contributed by atoms with Crippen LogP contribution in [0.5, 0.6) is 0 Å². The largest absolute Gasteiger partial charge is 0.389 e. The van der Waals surface area contributed by atoms with Crippen molar-refractivity contribution in [1.29, 1.82) is 0 Å². The van der Waals surface area contributed by atoms with Gasteiger partial charge in [-0.3, -0.25) is 10.1 Å². The number of hydrogen-bond acceptors (Lipinski definition) is 5. The predicted octanol–water partition coefficient (Wildman–Crippen LogP) is 0.933. The molecule has 1 aromatic rings. The molecule has 1 saturated heterocycles. The van der Waals surface area contributed by atoms with Crippen molar-refractivity contribution in [3.8, 4) is 0 Å². The highest BCUT2D eigenvalue weighted by Gasteiger charge is 2.31. The molecule has 0 unspecified atom stereocenters. The summed E-state index contributed by atoms with van der Waals surface area (Å²) in [7, 11) is 0. The van der Waals surface area contributed by atoms with E-state index in [1.54, 1.807) is 4.90 Å². The summed E-state index contributed by atoms with van der Waals surface area (Å²) in [4.78, 5) is 15.9. The molecule has 0 spiro atoms. The van der Waals surface area contributed by atoms with Crippen molar-refractivity contribution in [1.82, 2.24) is 4.98 Å². The molecule has 0 aromatic carbocycles. The minimum atomic E-state index is -0.474. The lowest BCUT2D eigenvalue weighted by atomic mass is 10.1. The lowest BCUT2D eigenvalue weighted by Gasteiger charge is -2.36. The zero-order chi connectivity index (χ0) is 11.0. The first-order chi connectivity index (χ1) is 7.08. The number of nitrogens with zero attached hydrogens (tertiary/aromatic N) is 3. The molecule has 1 N–H and O–H groups in total. The molecule has 7 heteroatoms. The van der Waals surface area contributed by atoms with E-state index >= 15 is 0 Å². The highest BCUT2D eigenvalue weighted by atomic mass is 79.9. The second-order valence-electron chi connectivity index (χ2n) is 3.31. The number of nitro groups is 1. The number of aliphatic hydroxyl groups excluding tert-OH is 1. The average molecular weight is 274 g/mol. The number of rotatable bonds is 2. The van der Waals surface area contributed by atoms with Crippen molar-refractivity contribution in [2.75, 3.05) is 18.0 Å². The fraction of sp³-hybridized carbons (Fsp3) is 0.375. The third-order valence-electron chi connectivity index (χ3n) is 2.17. The molecule has 0 radical (unpaired) electrons. The summed E-state index contributed by atoms with van der Waals surface area (Å²) >= 11 is 3.13. The van der Waals surface area contributed by atoms with Crippen molar-refractivity contribution in [3.63, 3.8) is 0 Å². The minimum Gasteiger partial charge on any atom is -0.389 e. The van der Waals surface area contributed by atoms with E-state index in [0.29, 0.717) is 23.4 Å². The maximum atomic E-state index is 10.8. The SMILES string of the molecule is O=[N+]([O-])c1cc(Br)cnc1N1CC(O)C1.